The molecule has 3 aromatic rings. The van der Waals surface area contributed by atoms with E-state index in [1.54, 1.807) is 6.07 Å². The SMILES string of the molecule is CNC(=O)c1ccc(CN2Cc3ccnc(Oc4ccc(C(F)(F)F)cc4F)c3C2=O)cc1F. The fourth-order valence-corrected chi connectivity index (χ4v) is 3.54. The lowest BCUT2D eigenvalue weighted by Crippen LogP contribution is -2.24. The van der Waals surface area contributed by atoms with Crippen LogP contribution >= 0.6 is 0 Å². The number of rotatable bonds is 5. The monoisotopic (exact) mass is 477 g/mol. The molecule has 0 bridgehead atoms. The van der Waals surface area contributed by atoms with Gasteiger partial charge in [0.25, 0.3) is 11.8 Å². The maximum atomic E-state index is 14.3. The number of hydrogen-bond acceptors (Lipinski definition) is 4. The Kier molecular flexibility index (Phi) is 5.94. The molecule has 2 aromatic carbocycles. The Morgan fingerprint density at radius 2 is 1.88 bits per heavy atom. The zero-order chi connectivity index (χ0) is 24.6. The van der Waals surface area contributed by atoms with Gasteiger partial charge >= 0.3 is 6.18 Å². The van der Waals surface area contributed by atoms with Gasteiger partial charge in [0, 0.05) is 26.3 Å². The number of hydrogen-bond donors (Lipinski definition) is 1. The minimum atomic E-state index is -4.72. The molecule has 0 aliphatic carbocycles. The van der Waals surface area contributed by atoms with Crippen LogP contribution in [0.4, 0.5) is 22.0 Å². The molecule has 1 aliphatic rings. The van der Waals surface area contributed by atoms with Crippen molar-refractivity contribution in [3.05, 3.63) is 88.1 Å². The molecular formula is C23H16F5N3O3. The summed E-state index contributed by atoms with van der Waals surface area (Å²) in [6, 6.07) is 7.29. The summed E-state index contributed by atoms with van der Waals surface area (Å²) in [7, 11) is 1.38. The molecule has 0 saturated carbocycles. The summed E-state index contributed by atoms with van der Waals surface area (Å²) in [5, 5.41) is 2.33. The van der Waals surface area contributed by atoms with Crippen molar-refractivity contribution >= 4 is 11.8 Å². The molecular weight excluding hydrogens is 461 g/mol. The van der Waals surface area contributed by atoms with Crippen molar-refractivity contribution in [1.82, 2.24) is 15.2 Å². The van der Waals surface area contributed by atoms with Gasteiger partial charge in [0.2, 0.25) is 5.88 Å². The van der Waals surface area contributed by atoms with Crippen molar-refractivity contribution in [3.63, 3.8) is 0 Å². The van der Waals surface area contributed by atoms with E-state index in [4.69, 9.17) is 4.74 Å². The summed E-state index contributed by atoms with van der Waals surface area (Å²) in [6.07, 6.45) is -3.40. The molecule has 176 valence electrons. The number of halogens is 5. The van der Waals surface area contributed by atoms with Crippen LogP contribution in [0.1, 0.15) is 37.4 Å². The Labute approximate surface area is 190 Å². The van der Waals surface area contributed by atoms with E-state index in [1.807, 2.05) is 0 Å². The van der Waals surface area contributed by atoms with E-state index >= 15 is 0 Å². The van der Waals surface area contributed by atoms with Crippen LogP contribution in [0, 0.1) is 11.6 Å². The topological polar surface area (TPSA) is 71.5 Å². The van der Waals surface area contributed by atoms with Gasteiger partial charge in [0.1, 0.15) is 11.4 Å². The van der Waals surface area contributed by atoms with Gasteiger partial charge in [-0.2, -0.15) is 13.2 Å². The van der Waals surface area contributed by atoms with Crippen LogP contribution in [0.2, 0.25) is 0 Å². The summed E-state index contributed by atoms with van der Waals surface area (Å²) >= 11 is 0. The number of benzene rings is 2. The van der Waals surface area contributed by atoms with Crippen molar-refractivity contribution in [2.24, 2.45) is 0 Å². The predicted molar refractivity (Wildman–Crippen MR) is 109 cm³/mol. The second kappa shape index (κ2) is 8.73. The lowest BCUT2D eigenvalue weighted by molar-refractivity contribution is -0.137. The number of pyridine rings is 1. The number of nitrogens with zero attached hydrogens (tertiary/aromatic N) is 2. The molecule has 34 heavy (non-hydrogen) atoms. The van der Waals surface area contributed by atoms with Gasteiger partial charge in [-0.3, -0.25) is 9.59 Å². The maximum Gasteiger partial charge on any atom is 0.416 e. The fourth-order valence-electron chi connectivity index (χ4n) is 3.54. The quantitative estimate of drug-likeness (QED) is 0.542. The van der Waals surface area contributed by atoms with E-state index in [2.05, 4.69) is 10.3 Å². The van der Waals surface area contributed by atoms with Crippen LogP contribution in [0.3, 0.4) is 0 Å². The summed E-state index contributed by atoms with van der Waals surface area (Å²) in [6.45, 7) is 0.133. The highest BCUT2D eigenvalue weighted by Gasteiger charge is 2.34. The van der Waals surface area contributed by atoms with Crippen LogP contribution in [-0.2, 0) is 19.3 Å². The van der Waals surface area contributed by atoms with Crippen molar-refractivity contribution in [1.29, 1.82) is 0 Å². The van der Waals surface area contributed by atoms with Gasteiger partial charge in [0.05, 0.1) is 11.1 Å². The average Bonchev–Trinajstić information content (AvgIpc) is 3.10. The van der Waals surface area contributed by atoms with Crippen molar-refractivity contribution in [2.45, 2.75) is 19.3 Å². The Balaban J connectivity index is 1.56. The number of aromatic nitrogens is 1. The van der Waals surface area contributed by atoms with Gasteiger partial charge in [-0.05, 0) is 47.5 Å². The molecule has 0 atom stereocenters. The van der Waals surface area contributed by atoms with Crippen molar-refractivity contribution in [3.8, 4) is 11.6 Å². The first-order valence-electron chi connectivity index (χ1n) is 9.90. The molecule has 0 saturated heterocycles. The first kappa shape index (κ1) is 23.1. The molecule has 0 fully saturated rings. The number of ether oxygens (including phenoxy) is 1. The molecule has 1 N–H and O–H groups in total. The van der Waals surface area contributed by atoms with E-state index in [0.29, 0.717) is 23.3 Å². The second-order valence-electron chi connectivity index (χ2n) is 7.45. The summed E-state index contributed by atoms with van der Waals surface area (Å²) in [4.78, 5) is 30.0. The third-order valence-corrected chi connectivity index (χ3v) is 5.21. The van der Waals surface area contributed by atoms with Crippen LogP contribution in [0.5, 0.6) is 11.6 Å². The molecule has 6 nitrogen and oxygen atoms in total. The smallest absolute Gasteiger partial charge is 0.416 e. The van der Waals surface area contributed by atoms with Gasteiger partial charge in [-0.15, -0.1) is 0 Å². The number of nitrogens with one attached hydrogen (secondary N) is 1. The zero-order valence-electron chi connectivity index (χ0n) is 17.5. The number of fused-ring (bicyclic) bond motifs is 1. The van der Waals surface area contributed by atoms with Crippen LogP contribution in [0.15, 0.2) is 48.7 Å². The minimum absolute atomic E-state index is 0.00649. The normalized spacial score (nSPS) is 13.1. The van der Waals surface area contributed by atoms with Gasteiger partial charge in [-0.1, -0.05) is 6.07 Å². The molecule has 11 heteroatoms. The largest absolute Gasteiger partial charge is 0.435 e. The average molecular weight is 477 g/mol. The number of carbonyl (C=O) groups is 2. The predicted octanol–water partition coefficient (Wildman–Crippen LogP) is 4.69. The minimum Gasteiger partial charge on any atom is -0.435 e. The summed E-state index contributed by atoms with van der Waals surface area (Å²) < 4.78 is 72.2. The Morgan fingerprint density at radius 3 is 2.53 bits per heavy atom. The Hall–Kier alpha value is -4.02. The summed E-state index contributed by atoms with van der Waals surface area (Å²) in [5.74, 6) is -3.90. The van der Waals surface area contributed by atoms with Crippen LogP contribution < -0.4 is 10.1 Å². The molecule has 0 unspecified atom stereocenters. The Morgan fingerprint density at radius 1 is 1.12 bits per heavy atom. The first-order chi connectivity index (χ1) is 16.1. The van der Waals surface area contributed by atoms with Crippen molar-refractivity contribution in [2.75, 3.05) is 7.05 Å². The van der Waals surface area contributed by atoms with Crippen molar-refractivity contribution < 1.29 is 36.3 Å². The van der Waals surface area contributed by atoms with Gasteiger partial charge in [0.15, 0.2) is 11.6 Å². The second-order valence-corrected chi connectivity index (χ2v) is 7.45. The van der Waals surface area contributed by atoms with Crippen LogP contribution in [-0.4, -0.2) is 28.7 Å². The van der Waals surface area contributed by atoms with E-state index < -0.39 is 40.9 Å². The third-order valence-electron chi connectivity index (χ3n) is 5.21. The van der Waals surface area contributed by atoms with Gasteiger partial charge < -0.3 is 15.0 Å². The van der Waals surface area contributed by atoms with E-state index in [0.717, 1.165) is 12.1 Å². The highest BCUT2D eigenvalue weighted by atomic mass is 19.4. The molecule has 1 aliphatic heterocycles. The third kappa shape index (κ3) is 4.41. The van der Waals surface area contributed by atoms with E-state index in [-0.39, 0.29) is 30.1 Å². The maximum absolute atomic E-state index is 14.3. The molecule has 2 heterocycles. The lowest BCUT2D eigenvalue weighted by Gasteiger charge is -2.16. The first-order valence-corrected chi connectivity index (χ1v) is 9.90. The van der Waals surface area contributed by atoms with E-state index in [1.165, 1.54) is 30.3 Å². The standard InChI is InChI=1S/C23H16F5N3O3/c1-29-20(32)15-4-2-12(8-16(15)24)10-31-11-13-6-7-30-21(19(13)22(31)33)34-18-5-3-14(9-17(18)25)23(26,27)28/h2-9H,10-11H2,1H3,(H,29,32). The van der Waals surface area contributed by atoms with Gasteiger partial charge in [-0.25, -0.2) is 13.8 Å². The summed E-state index contributed by atoms with van der Waals surface area (Å²) in [5.41, 5.74) is -0.356. The number of amides is 2. The van der Waals surface area contributed by atoms with Crippen LogP contribution in [0.25, 0.3) is 0 Å². The molecule has 2 amide bonds. The molecule has 1 aromatic heterocycles. The zero-order valence-corrected chi connectivity index (χ0v) is 17.5. The number of carbonyl (C=O) groups excluding carboxylic acids is 2. The number of alkyl halides is 3. The molecule has 0 spiro atoms. The highest BCUT2D eigenvalue weighted by Crippen LogP contribution is 2.36. The van der Waals surface area contributed by atoms with E-state index in [9.17, 15) is 31.5 Å². The highest BCUT2D eigenvalue weighted by molar-refractivity contribution is 6.00. The Bertz CT molecular complexity index is 1290. The molecule has 0 radical (unpaired) electrons. The fraction of sp³-hybridized carbons (Fsp3) is 0.174. The lowest BCUT2D eigenvalue weighted by atomic mass is 10.1. The molecule has 4 rings (SSSR count).